The Balaban J connectivity index is 0.00000180. The second-order valence-electron chi connectivity index (χ2n) is 7.47. The van der Waals surface area contributed by atoms with Crippen molar-refractivity contribution < 1.29 is 4.74 Å². The van der Waals surface area contributed by atoms with Gasteiger partial charge in [-0.25, -0.2) is 9.97 Å². The molecule has 0 aliphatic carbocycles. The number of nitrogens with one attached hydrogen (secondary N) is 1. The van der Waals surface area contributed by atoms with Crippen LogP contribution in [0.25, 0.3) is 0 Å². The Hall–Kier alpha value is -3.10. The van der Waals surface area contributed by atoms with Crippen molar-refractivity contribution >= 4 is 58.9 Å². The molecule has 0 radical (unpaired) electrons. The van der Waals surface area contributed by atoms with Gasteiger partial charge < -0.3 is 10.1 Å². The highest BCUT2D eigenvalue weighted by Gasteiger charge is 2.12. The molecule has 0 fully saturated rings. The van der Waals surface area contributed by atoms with E-state index in [1.54, 1.807) is 35.5 Å². The van der Waals surface area contributed by atoms with Gasteiger partial charge >= 0.3 is 0 Å². The van der Waals surface area contributed by atoms with E-state index < -0.39 is 0 Å². The van der Waals surface area contributed by atoms with Crippen LogP contribution in [0.2, 0.25) is 0 Å². The van der Waals surface area contributed by atoms with E-state index in [1.807, 2.05) is 60.8 Å². The van der Waals surface area contributed by atoms with E-state index in [2.05, 4.69) is 44.9 Å². The van der Waals surface area contributed by atoms with Crippen LogP contribution in [0, 0.1) is 0 Å². The molecule has 0 unspecified atom stereocenters. The van der Waals surface area contributed by atoms with Gasteiger partial charge in [-0.3, -0.25) is 4.98 Å². The van der Waals surface area contributed by atoms with E-state index >= 15 is 0 Å². The van der Waals surface area contributed by atoms with E-state index in [4.69, 9.17) is 9.72 Å². The van der Waals surface area contributed by atoms with Gasteiger partial charge in [-0.2, -0.15) is 0 Å². The van der Waals surface area contributed by atoms with Crippen LogP contribution in [0.5, 0.6) is 11.5 Å². The van der Waals surface area contributed by atoms with Gasteiger partial charge in [0.25, 0.3) is 0 Å². The average molecular weight is 556 g/mol. The van der Waals surface area contributed by atoms with Crippen molar-refractivity contribution in [2.45, 2.75) is 22.6 Å². The number of rotatable bonds is 9. The van der Waals surface area contributed by atoms with Gasteiger partial charge in [0.2, 0.25) is 0 Å². The number of ether oxygens (including phenoxy) is 1. The first kappa shape index (κ1) is 27.5. The zero-order chi connectivity index (χ0) is 23.0. The topological polar surface area (TPSA) is 59.9 Å². The third-order valence-electron chi connectivity index (χ3n) is 4.97. The number of para-hydroxylation sites is 1. The summed E-state index contributed by atoms with van der Waals surface area (Å²) >= 11 is 3.18. The second-order valence-corrected chi connectivity index (χ2v) is 9.48. The highest BCUT2D eigenvalue weighted by Crippen LogP contribution is 2.36. The fourth-order valence-electron chi connectivity index (χ4n) is 3.31. The average Bonchev–Trinajstić information content (AvgIpc) is 3.34. The smallest absolute Gasteiger partial charge is 0.188 e. The van der Waals surface area contributed by atoms with Gasteiger partial charge in [-0.05, 0) is 42.7 Å². The number of anilines is 2. The Morgan fingerprint density at radius 3 is 2.31 bits per heavy atom. The number of aryl methyl sites for hydroxylation is 2. The molecule has 0 amide bonds. The number of thiazole rings is 1. The quantitative estimate of drug-likeness (QED) is 0.198. The predicted molar refractivity (Wildman–Crippen MR) is 153 cm³/mol. The Morgan fingerprint density at radius 2 is 1.56 bits per heavy atom. The first-order chi connectivity index (χ1) is 16.8. The lowest BCUT2D eigenvalue weighted by Gasteiger charge is -2.12. The largest absolute Gasteiger partial charge is 0.453 e. The molecular weight excluding hydrogens is 531 g/mol. The van der Waals surface area contributed by atoms with E-state index in [-0.39, 0.29) is 24.8 Å². The fraction of sp³-hybridized carbons (Fsp3) is 0.0741. The molecular formula is C27H24Cl2N4OS2. The first-order valence-corrected chi connectivity index (χ1v) is 12.6. The molecule has 0 aliphatic heterocycles. The van der Waals surface area contributed by atoms with Gasteiger partial charge in [-0.15, -0.1) is 36.2 Å². The monoisotopic (exact) mass is 554 g/mol. The summed E-state index contributed by atoms with van der Waals surface area (Å²) in [4.78, 5) is 15.6. The minimum Gasteiger partial charge on any atom is -0.453 e. The molecule has 1 N–H and O–H groups in total. The lowest BCUT2D eigenvalue weighted by molar-refractivity contribution is 0.481. The maximum atomic E-state index is 6.20. The summed E-state index contributed by atoms with van der Waals surface area (Å²) in [7, 11) is 0. The van der Waals surface area contributed by atoms with Crippen molar-refractivity contribution in [1.29, 1.82) is 0 Å². The molecule has 2 aromatic carbocycles. The number of halogens is 2. The van der Waals surface area contributed by atoms with Crippen LogP contribution in [0.1, 0.15) is 11.3 Å². The maximum Gasteiger partial charge on any atom is 0.188 e. The van der Waals surface area contributed by atoms with E-state index in [1.165, 1.54) is 5.56 Å². The van der Waals surface area contributed by atoms with Gasteiger partial charge in [0, 0.05) is 39.8 Å². The van der Waals surface area contributed by atoms with Crippen molar-refractivity contribution in [2.24, 2.45) is 0 Å². The van der Waals surface area contributed by atoms with Crippen molar-refractivity contribution in [2.75, 3.05) is 5.32 Å². The Morgan fingerprint density at radius 1 is 0.833 bits per heavy atom. The molecule has 184 valence electrons. The van der Waals surface area contributed by atoms with Crippen LogP contribution in [0.15, 0.2) is 113 Å². The third-order valence-corrected chi connectivity index (χ3v) is 6.75. The molecule has 0 spiro atoms. The summed E-state index contributed by atoms with van der Waals surface area (Å²) in [5, 5.41) is 6.24. The normalized spacial score (nSPS) is 10.1. The second kappa shape index (κ2) is 13.8. The van der Waals surface area contributed by atoms with Gasteiger partial charge in [0.05, 0.1) is 5.69 Å². The van der Waals surface area contributed by atoms with Crippen molar-refractivity contribution in [3.8, 4) is 11.5 Å². The summed E-state index contributed by atoms with van der Waals surface area (Å²) in [5.41, 5.74) is 2.37. The molecule has 5 aromatic rings. The highest BCUT2D eigenvalue weighted by atomic mass is 35.5. The van der Waals surface area contributed by atoms with Crippen LogP contribution in [0.3, 0.4) is 0 Å². The van der Waals surface area contributed by atoms with Crippen molar-refractivity contribution in [3.05, 3.63) is 114 Å². The number of pyridine rings is 2. The summed E-state index contributed by atoms with van der Waals surface area (Å²) in [6.07, 6.45) is 7.26. The summed E-state index contributed by atoms with van der Waals surface area (Å²) < 4.78 is 6.20. The zero-order valence-corrected chi connectivity index (χ0v) is 22.4. The van der Waals surface area contributed by atoms with E-state index in [0.29, 0.717) is 11.6 Å². The molecule has 0 aliphatic rings. The molecule has 3 aromatic heterocycles. The molecule has 5 rings (SSSR count). The van der Waals surface area contributed by atoms with Crippen LogP contribution in [-0.2, 0) is 12.8 Å². The zero-order valence-electron chi connectivity index (χ0n) is 19.1. The molecule has 5 nitrogen and oxygen atoms in total. The number of hydrogen-bond acceptors (Lipinski definition) is 7. The van der Waals surface area contributed by atoms with E-state index in [9.17, 15) is 0 Å². The van der Waals surface area contributed by atoms with Crippen molar-refractivity contribution in [1.82, 2.24) is 15.0 Å². The summed E-state index contributed by atoms with van der Waals surface area (Å²) in [6.45, 7) is 0. The summed E-state index contributed by atoms with van der Waals surface area (Å²) in [6, 6.07) is 26.1. The molecule has 0 saturated heterocycles. The van der Waals surface area contributed by atoms with E-state index in [0.717, 1.165) is 39.2 Å². The predicted octanol–water partition coefficient (Wildman–Crippen LogP) is 8.25. The molecule has 3 heterocycles. The highest BCUT2D eigenvalue weighted by molar-refractivity contribution is 7.99. The van der Waals surface area contributed by atoms with Crippen LogP contribution in [-0.4, -0.2) is 15.0 Å². The molecule has 36 heavy (non-hydrogen) atoms. The number of benzene rings is 2. The minimum absolute atomic E-state index is 0. The fourth-order valence-corrected chi connectivity index (χ4v) is 4.85. The van der Waals surface area contributed by atoms with Crippen molar-refractivity contribution in [3.63, 3.8) is 0 Å². The molecule has 0 atom stereocenters. The first-order valence-electron chi connectivity index (χ1n) is 10.9. The van der Waals surface area contributed by atoms with Crippen LogP contribution < -0.4 is 10.1 Å². The van der Waals surface area contributed by atoms with Gasteiger partial charge in [0.1, 0.15) is 5.75 Å². The molecule has 0 saturated carbocycles. The van der Waals surface area contributed by atoms with Gasteiger partial charge in [-0.1, -0.05) is 60.3 Å². The summed E-state index contributed by atoms with van der Waals surface area (Å²) in [5.74, 6) is 2.03. The lowest BCUT2D eigenvalue weighted by Crippen LogP contribution is -1.98. The minimum atomic E-state index is 0. The SMILES string of the molecule is Cl.Cl.c1ccc(CCc2csc(Nc3ncc(Sc4ccncc4)cc3Oc3ccccc3)n2)cc1. The number of hydrogen-bond donors (Lipinski definition) is 1. The Bertz CT molecular complexity index is 1340. The maximum absolute atomic E-state index is 6.20. The van der Waals surface area contributed by atoms with Gasteiger partial charge in [0.15, 0.2) is 16.7 Å². The standard InChI is InChI=1S/C27H22N4OS2.2ClH/c1-3-7-20(8-4-1)11-12-21-19-33-27(30-21)31-26-25(32-22-9-5-2-6-10-22)17-24(18-29-26)34-23-13-15-28-16-14-23;;/h1-10,13-19H,11-12H2,(H,29,30,31);2*1H. The van der Waals surface area contributed by atoms with Crippen LogP contribution >= 0.6 is 47.9 Å². The Kier molecular flexibility index (Phi) is 10.6. The number of aromatic nitrogens is 3. The molecule has 9 heteroatoms. The number of nitrogens with zero attached hydrogens (tertiary/aromatic N) is 3. The Labute approximate surface area is 231 Å². The lowest BCUT2D eigenvalue weighted by atomic mass is 10.1. The molecule has 0 bridgehead atoms. The van der Waals surface area contributed by atoms with Crippen LogP contribution in [0.4, 0.5) is 10.9 Å². The third kappa shape index (κ3) is 7.70.